The Balaban J connectivity index is 2.33. The summed E-state index contributed by atoms with van der Waals surface area (Å²) in [5.41, 5.74) is 0. The van der Waals surface area contributed by atoms with Crippen LogP contribution in [0.3, 0.4) is 0 Å². The lowest BCUT2D eigenvalue weighted by molar-refractivity contribution is -0.143. The van der Waals surface area contributed by atoms with E-state index in [-0.39, 0.29) is 25.2 Å². The van der Waals surface area contributed by atoms with Crippen molar-refractivity contribution in [2.45, 2.75) is 44.8 Å². The van der Waals surface area contributed by atoms with Gasteiger partial charge in [-0.15, -0.1) is 0 Å². The molecule has 16 heavy (non-hydrogen) atoms. The van der Waals surface area contributed by atoms with Crippen molar-refractivity contribution in [1.29, 1.82) is 0 Å². The van der Waals surface area contributed by atoms with Crippen LogP contribution in [-0.4, -0.2) is 36.2 Å². The largest absolute Gasteiger partial charge is 0.390 e. The maximum Gasteiger partial charge on any atom is 0.390 e. The minimum absolute atomic E-state index is 0.197. The molecule has 94 valence electrons. The molecular weight excluding hydrogens is 221 g/mol. The van der Waals surface area contributed by atoms with Crippen LogP contribution in [0.1, 0.15) is 32.6 Å². The Hall–Kier alpha value is -0.780. The molecule has 1 fully saturated rings. The molecule has 6 heteroatoms. The van der Waals surface area contributed by atoms with Crippen LogP contribution >= 0.6 is 0 Å². The number of nitrogens with zero attached hydrogens (tertiary/aromatic N) is 1. The SMILES string of the molecule is CCCCC1NCN(CCC(F)(F)F)C1=O. The van der Waals surface area contributed by atoms with Gasteiger partial charge in [0.2, 0.25) is 5.91 Å². The molecule has 0 bridgehead atoms. The normalized spacial score (nSPS) is 21.9. The number of rotatable bonds is 5. The molecule has 0 radical (unpaired) electrons. The van der Waals surface area contributed by atoms with Crippen LogP contribution in [0.4, 0.5) is 13.2 Å². The highest BCUT2D eigenvalue weighted by Gasteiger charge is 2.34. The molecule has 1 amide bonds. The van der Waals surface area contributed by atoms with Gasteiger partial charge in [-0.05, 0) is 6.42 Å². The Bertz CT molecular complexity index is 243. The van der Waals surface area contributed by atoms with Crippen molar-refractivity contribution in [3.05, 3.63) is 0 Å². The standard InChI is InChI=1S/C10H17F3N2O/c1-2-3-4-8-9(16)15(7-14-8)6-5-10(11,12)13/h8,14H,2-7H2,1H3. The van der Waals surface area contributed by atoms with Gasteiger partial charge in [0.25, 0.3) is 0 Å². The van der Waals surface area contributed by atoms with E-state index in [4.69, 9.17) is 0 Å². The third kappa shape index (κ3) is 4.00. The zero-order valence-electron chi connectivity index (χ0n) is 9.31. The number of carbonyl (C=O) groups excluding carboxylic acids is 1. The first-order valence-electron chi connectivity index (χ1n) is 5.53. The van der Waals surface area contributed by atoms with Gasteiger partial charge in [0.05, 0.1) is 19.1 Å². The number of halogens is 3. The number of alkyl halides is 3. The van der Waals surface area contributed by atoms with E-state index in [1.165, 1.54) is 4.90 Å². The second kappa shape index (κ2) is 5.52. The zero-order chi connectivity index (χ0) is 12.2. The molecule has 1 aliphatic heterocycles. The fourth-order valence-corrected chi connectivity index (χ4v) is 1.69. The summed E-state index contributed by atoms with van der Waals surface area (Å²) in [5.74, 6) is -0.197. The van der Waals surface area contributed by atoms with Crippen molar-refractivity contribution in [3.8, 4) is 0 Å². The van der Waals surface area contributed by atoms with Crippen LogP contribution in [0.15, 0.2) is 0 Å². The summed E-state index contributed by atoms with van der Waals surface area (Å²) in [6.45, 7) is 2.02. The van der Waals surface area contributed by atoms with Gasteiger partial charge in [-0.25, -0.2) is 0 Å². The lowest BCUT2D eigenvalue weighted by Crippen LogP contribution is -2.32. The first-order chi connectivity index (χ1) is 7.44. The summed E-state index contributed by atoms with van der Waals surface area (Å²) in [4.78, 5) is 12.9. The fourth-order valence-electron chi connectivity index (χ4n) is 1.69. The van der Waals surface area contributed by atoms with E-state index in [0.29, 0.717) is 6.42 Å². The molecule has 0 aliphatic carbocycles. The predicted molar refractivity (Wildman–Crippen MR) is 53.7 cm³/mol. The average molecular weight is 238 g/mol. The molecule has 1 atom stereocenters. The van der Waals surface area contributed by atoms with E-state index in [1.54, 1.807) is 0 Å². The van der Waals surface area contributed by atoms with Crippen molar-refractivity contribution in [2.24, 2.45) is 0 Å². The average Bonchev–Trinajstić information content (AvgIpc) is 2.53. The molecule has 1 saturated heterocycles. The summed E-state index contributed by atoms with van der Waals surface area (Å²) >= 11 is 0. The number of amides is 1. The topological polar surface area (TPSA) is 32.3 Å². The molecule has 1 N–H and O–H groups in total. The quantitative estimate of drug-likeness (QED) is 0.793. The summed E-state index contributed by atoms with van der Waals surface area (Å²) in [6.07, 6.45) is -2.52. The Morgan fingerprint density at radius 3 is 2.75 bits per heavy atom. The molecule has 0 aromatic carbocycles. The summed E-state index contributed by atoms with van der Waals surface area (Å²) < 4.78 is 35.9. The minimum Gasteiger partial charge on any atom is -0.328 e. The van der Waals surface area contributed by atoms with Crippen LogP contribution in [0.2, 0.25) is 0 Å². The Morgan fingerprint density at radius 1 is 1.50 bits per heavy atom. The lowest BCUT2D eigenvalue weighted by atomic mass is 10.1. The highest BCUT2D eigenvalue weighted by Crippen LogP contribution is 2.21. The lowest BCUT2D eigenvalue weighted by Gasteiger charge is -2.16. The molecule has 1 unspecified atom stereocenters. The summed E-state index contributed by atoms with van der Waals surface area (Å²) in [5, 5.41) is 2.94. The van der Waals surface area contributed by atoms with Gasteiger partial charge < -0.3 is 4.90 Å². The maximum atomic E-state index is 12.0. The summed E-state index contributed by atoms with van der Waals surface area (Å²) in [7, 11) is 0. The number of unbranched alkanes of at least 4 members (excludes halogenated alkanes) is 1. The highest BCUT2D eigenvalue weighted by molar-refractivity contribution is 5.83. The number of carbonyl (C=O) groups is 1. The second-order valence-corrected chi connectivity index (χ2v) is 4.02. The smallest absolute Gasteiger partial charge is 0.328 e. The van der Waals surface area contributed by atoms with Crippen LogP contribution in [0, 0.1) is 0 Å². The van der Waals surface area contributed by atoms with Gasteiger partial charge in [-0.2, -0.15) is 13.2 Å². The van der Waals surface area contributed by atoms with Gasteiger partial charge >= 0.3 is 6.18 Å². The molecule has 3 nitrogen and oxygen atoms in total. The van der Waals surface area contributed by atoms with Crippen molar-refractivity contribution < 1.29 is 18.0 Å². The van der Waals surface area contributed by atoms with Crippen LogP contribution in [0.25, 0.3) is 0 Å². The minimum atomic E-state index is -4.19. The molecule has 0 aromatic heterocycles. The Labute approximate surface area is 93.0 Å². The Morgan fingerprint density at radius 2 is 2.19 bits per heavy atom. The highest BCUT2D eigenvalue weighted by atomic mass is 19.4. The first kappa shape index (κ1) is 13.3. The number of nitrogens with one attached hydrogen (secondary N) is 1. The van der Waals surface area contributed by atoms with E-state index in [9.17, 15) is 18.0 Å². The van der Waals surface area contributed by atoms with Gasteiger partial charge in [-0.3, -0.25) is 10.1 Å². The van der Waals surface area contributed by atoms with E-state index in [2.05, 4.69) is 5.32 Å². The van der Waals surface area contributed by atoms with Crippen LogP contribution < -0.4 is 5.32 Å². The van der Waals surface area contributed by atoms with E-state index in [0.717, 1.165) is 12.8 Å². The van der Waals surface area contributed by atoms with Crippen LogP contribution in [-0.2, 0) is 4.79 Å². The van der Waals surface area contributed by atoms with E-state index < -0.39 is 12.6 Å². The summed E-state index contributed by atoms with van der Waals surface area (Å²) in [6, 6.07) is -0.284. The molecule has 1 aliphatic rings. The van der Waals surface area contributed by atoms with Crippen molar-refractivity contribution >= 4 is 5.91 Å². The van der Waals surface area contributed by atoms with Crippen molar-refractivity contribution in [3.63, 3.8) is 0 Å². The van der Waals surface area contributed by atoms with Crippen LogP contribution in [0.5, 0.6) is 0 Å². The number of hydrogen-bond acceptors (Lipinski definition) is 2. The third-order valence-corrected chi connectivity index (χ3v) is 2.65. The van der Waals surface area contributed by atoms with E-state index >= 15 is 0 Å². The van der Waals surface area contributed by atoms with Crippen molar-refractivity contribution in [1.82, 2.24) is 10.2 Å². The third-order valence-electron chi connectivity index (χ3n) is 2.65. The van der Waals surface area contributed by atoms with Gasteiger partial charge in [-0.1, -0.05) is 19.8 Å². The van der Waals surface area contributed by atoms with E-state index in [1.807, 2.05) is 6.92 Å². The molecular formula is C10H17F3N2O. The second-order valence-electron chi connectivity index (χ2n) is 4.02. The van der Waals surface area contributed by atoms with Gasteiger partial charge in [0.15, 0.2) is 0 Å². The molecule has 0 aromatic rings. The number of hydrogen-bond donors (Lipinski definition) is 1. The van der Waals surface area contributed by atoms with Gasteiger partial charge in [0.1, 0.15) is 0 Å². The Kier molecular flexibility index (Phi) is 4.58. The molecule has 0 saturated carbocycles. The maximum absolute atomic E-state index is 12.0. The predicted octanol–water partition coefficient (Wildman–Crippen LogP) is 1.89. The first-order valence-corrected chi connectivity index (χ1v) is 5.53. The monoisotopic (exact) mass is 238 g/mol. The molecule has 1 rings (SSSR count). The van der Waals surface area contributed by atoms with Crippen molar-refractivity contribution in [2.75, 3.05) is 13.2 Å². The zero-order valence-corrected chi connectivity index (χ0v) is 9.31. The van der Waals surface area contributed by atoms with Gasteiger partial charge in [0, 0.05) is 6.54 Å². The molecule has 1 heterocycles. The molecule has 0 spiro atoms. The fraction of sp³-hybridized carbons (Fsp3) is 0.900.